The molecule has 6 heteroatoms. The molecule has 0 amide bonds. The lowest BCUT2D eigenvalue weighted by atomic mass is 10.0. The summed E-state index contributed by atoms with van der Waals surface area (Å²) in [7, 11) is 3.64. The van der Waals surface area contributed by atoms with E-state index in [0.717, 1.165) is 50.6 Å². The van der Waals surface area contributed by atoms with E-state index in [2.05, 4.69) is 15.1 Å². The molecule has 0 aliphatic rings. The SMILES string of the molecule is COc1ccc2c(-c3c(-c4c(C)noc4C)ncn3C)ccnc2c1. The van der Waals surface area contributed by atoms with Gasteiger partial charge in [-0.3, -0.25) is 4.98 Å². The van der Waals surface area contributed by atoms with Crippen LogP contribution in [0.1, 0.15) is 11.5 Å². The van der Waals surface area contributed by atoms with Crippen LogP contribution in [0.5, 0.6) is 5.75 Å². The van der Waals surface area contributed by atoms with Crippen LogP contribution in [0.2, 0.25) is 0 Å². The molecule has 0 unspecified atom stereocenters. The van der Waals surface area contributed by atoms with Crippen molar-refractivity contribution in [1.82, 2.24) is 19.7 Å². The van der Waals surface area contributed by atoms with Gasteiger partial charge < -0.3 is 13.8 Å². The van der Waals surface area contributed by atoms with Gasteiger partial charge in [-0.15, -0.1) is 0 Å². The van der Waals surface area contributed by atoms with Gasteiger partial charge in [0.25, 0.3) is 0 Å². The molecule has 0 saturated carbocycles. The molecule has 0 radical (unpaired) electrons. The Labute approximate surface area is 145 Å². The lowest BCUT2D eigenvalue weighted by molar-refractivity contribution is 0.393. The third-order valence-corrected chi connectivity index (χ3v) is 4.41. The fourth-order valence-electron chi connectivity index (χ4n) is 3.21. The van der Waals surface area contributed by atoms with E-state index < -0.39 is 0 Å². The average molecular weight is 334 g/mol. The third-order valence-electron chi connectivity index (χ3n) is 4.41. The molecule has 0 fully saturated rings. The summed E-state index contributed by atoms with van der Waals surface area (Å²) in [5.41, 5.74) is 5.58. The van der Waals surface area contributed by atoms with Crippen LogP contribution in [-0.4, -0.2) is 26.8 Å². The van der Waals surface area contributed by atoms with Gasteiger partial charge in [0.2, 0.25) is 0 Å². The zero-order valence-electron chi connectivity index (χ0n) is 14.6. The Bertz CT molecular complexity index is 1060. The van der Waals surface area contributed by atoms with Crippen molar-refractivity contribution in [3.63, 3.8) is 0 Å². The maximum Gasteiger partial charge on any atom is 0.143 e. The van der Waals surface area contributed by atoms with Crippen LogP contribution in [0.3, 0.4) is 0 Å². The normalized spacial score (nSPS) is 11.2. The van der Waals surface area contributed by atoms with Crippen molar-refractivity contribution < 1.29 is 9.26 Å². The number of aryl methyl sites for hydroxylation is 3. The molecule has 0 N–H and O–H groups in total. The van der Waals surface area contributed by atoms with Gasteiger partial charge in [0, 0.05) is 30.3 Å². The fraction of sp³-hybridized carbons (Fsp3) is 0.211. The Kier molecular flexibility index (Phi) is 3.53. The van der Waals surface area contributed by atoms with Crippen LogP contribution < -0.4 is 4.74 Å². The van der Waals surface area contributed by atoms with E-state index in [1.54, 1.807) is 13.3 Å². The molecular weight excluding hydrogens is 316 g/mol. The minimum absolute atomic E-state index is 0.762. The standard InChI is InChI=1S/C19H18N4O2/c1-11-17(12(2)25-22-11)18-19(23(3)10-21-18)15-7-8-20-16-9-13(24-4)5-6-14(15)16/h5-10H,1-4H3. The Morgan fingerprint density at radius 2 is 1.96 bits per heavy atom. The highest BCUT2D eigenvalue weighted by Crippen LogP contribution is 2.37. The second-order valence-electron chi connectivity index (χ2n) is 5.99. The number of imidazole rings is 1. The summed E-state index contributed by atoms with van der Waals surface area (Å²) in [4.78, 5) is 9.09. The van der Waals surface area contributed by atoms with Crippen LogP contribution in [0.4, 0.5) is 0 Å². The van der Waals surface area contributed by atoms with Crippen molar-refractivity contribution in [2.75, 3.05) is 7.11 Å². The number of nitrogens with zero attached hydrogens (tertiary/aromatic N) is 4. The van der Waals surface area contributed by atoms with E-state index in [1.807, 2.05) is 56.1 Å². The lowest BCUT2D eigenvalue weighted by Gasteiger charge is -2.10. The first-order valence-electron chi connectivity index (χ1n) is 7.98. The molecule has 0 aliphatic carbocycles. The van der Waals surface area contributed by atoms with E-state index in [4.69, 9.17) is 9.26 Å². The number of hydrogen-bond acceptors (Lipinski definition) is 5. The van der Waals surface area contributed by atoms with E-state index in [9.17, 15) is 0 Å². The fourth-order valence-corrected chi connectivity index (χ4v) is 3.21. The number of pyridine rings is 1. The Morgan fingerprint density at radius 1 is 1.12 bits per heavy atom. The largest absolute Gasteiger partial charge is 0.497 e. The van der Waals surface area contributed by atoms with Gasteiger partial charge in [0.15, 0.2) is 0 Å². The van der Waals surface area contributed by atoms with Crippen LogP contribution in [-0.2, 0) is 7.05 Å². The van der Waals surface area contributed by atoms with E-state index in [1.165, 1.54) is 0 Å². The molecule has 0 atom stereocenters. The van der Waals surface area contributed by atoms with Gasteiger partial charge in [0.1, 0.15) is 17.2 Å². The molecule has 1 aromatic carbocycles. The molecule has 0 spiro atoms. The van der Waals surface area contributed by atoms with Gasteiger partial charge in [-0.1, -0.05) is 5.16 Å². The number of aromatic nitrogens is 4. The minimum atomic E-state index is 0.762. The first kappa shape index (κ1) is 15.4. The van der Waals surface area contributed by atoms with Crippen LogP contribution in [0.15, 0.2) is 41.3 Å². The van der Waals surface area contributed by atoms with Crippen molar-refractivity contribution in [3.05, 3.63) is 48.2 Å². The highest BCUT2D eigenvalue weighted by Gasteiger charge is 2.21. The van der Waals surface area contributed by atoms with Gasteiger partial charge in [-0.05, 0) is 32.0 Å². The van der Waals surface area contributed by atoms with Gasteiger partial charge in [-0.2, -0.15) is 0 Å². The quantitative estimate of drug-likeness (QED) is 0.568. The van der Waals surface area contributed by atoms with E-state index >= 15 is 0 Å². The number of rotatable bonds is 3. The average Bonchev–Trinajstić information content (AvgIpc) is 3.15. The minimum Gasteiger partial charge on any atom is -0.497 e. The maximum atomic E-state index is 5.34. The Morgan fingerprint density at radius 3 is 2.68 bits per heavy atom. The van der Waals surface area contributed by atoms with Crippen molar-refractivity contribution >= 4 is 10.9 Å². The number of benzene rings is 1. The second kappa shape index (κ2) is 5.73. The summed E-state index contributed by atoms with van der Waals surface area (Å²) in [5, 5.41) is 5.11. The van der Waals surface area contributed by atoms with Gasteiger partial charge in [-0.25, -0.2) is 4.98 Å². The lowest BCUT2D eigenvalue weighted by Crippen LogP contribution is -1.95. The zero-order valence-corrected chi connectivity index (χ0v) is 14.6. The van der Waals surface area contributed by atoms with Crippen LogP contribution in [0.25, 0.3) is 33.4 Å². The summed E-state index contributed by atoms with van der Waals surface area (Å²) in [6.45, 7) is 3.84. The Balaban J connectivity index is 2.01. The van der Waals surface area contributed by atoms with E-state index in [-0.39, 0.29) is 0 Å². The zero-order chi connectivity index (χ0) is 17.6. The summed E-state index contributed by atoms with van der Waals surface area (Å²) in [6, 6.07) is 7.92. The molecule has 4 aromatic rings. The van der Waals surface area contributed by atoms with Gasteiger partial charge in [0.05, 0.1) is 35.9 Å². The maximum absolute atomic E-state index is 5.34. The van der Waals surface area contributed by atoms with Crippen molar-refractivity contribution in [2.24, 2.45) is 7.05 Å². The monoisotopic (exact) mass is 334 g/mol. The molecule has 25 heavy (non-hydrogen) atoms. The molecule has 3 aromatic heterocycles. The molecule has 0 bridgehead atoms. The summed E-state index contributed by atoms with van der Waals surface area (Å²) in [6.07, 6.45) is 3.62. The number of ether oxygens (including phenoxy) is 1. The van der Waals surface area contributed by atoms with Crippen molar-refractivity contribution in [2.45, 2.75) is 13.8 Å². The molecule has 6 nitrogen and oxygen atoms in total. The summed E-state index contributed by atoms with van der Waals surface area (Å²) < 4.78 is 12.7. The Hall–Kier alpha value is -3.15. The first-order valence-corrected chi connectivity index (χ1v) is 7.98. The van der Waals surface area contributed by atoms with Gasteiger partial charge >= 0.3 is 0 Å². The third kappa shape index (κ3) is 2.38. The van der Waals surface area contributed by atoms with Crippen molar-refractivity contribution in [3.8, 4) is 28.3 Å². The molecule has 0 saturated heterocycles. The van der Waals surface area contributed by atoms with E-state index in [0.29, 0.717) is 0 Å². The number of methoxy groups -OCH3 is 1. The summed E-state index contributed by atoms with van der Waals surface area (Å²) >= 11 is 0. The topological polar surface area (TPSA) is 66.0 Å². The highest BCUT2D eigenvalue weighted by molar-refractivity contribution is 5.97. The molecular formula is C19H18N4O2. The molecule has 126 valence electrons. The number of hydrogen-bond donors (Lipinski definition) is 0. The molecule has 0 aliphatic heterocycles. The highest BCUT2D eigenvalue weighted by atomic mass is 16.5. The first-order chi connectivity index (χ1) is 12.1. The molecule has 4 rings (SSSR count). The summed E-state index contributed by atoms with van der Waals surface area (Å²) in [5.74, 6) is 1.55. The number of fused-ring (bicyclic) bond motifs is 1. The van der Waals surface area contributed by atoms with Crippen LogP contribution >= 0.6 is 0 Å². The second-order valence-corrected chi connectivity index (χ2v) is 5.99. The smallest absolute Gasteiger partial charge is 0.143 e. The molecule has 3 heterocycles. The predicted octanol–water partition coefficient (Wildman–Crippen LogP) is 3.92. The predicted molar refractivity (Wildman–Crippen MR) is 95.5 cm³/mol. The van der Waals surface area contributed by atoms with Crippen LogP contribution in [0, 0.1) is 13.8 Å². The van der Waals surface area contributed by atoms with Crippen molar-refractivity contribution in [1.29, 1.82) is 0 Å².